The topological polar surface area (TPSA) is 0 Å². The summed E-state index contributed by atoms with van der Waals surface area (Å²) in [6.45, 7) is 0. The summed E-state index contributed by atoms with van der Waals surface area (Å²) >= 11 is 5.62. The molecule has 4 aromatic carbocycles. The summed E-state index contributed by atoms with van der Waals surface area (Å²) in [5, 5.41) is 0. The summed E-state index contributed by atoms with van der Waals surface area (Å²) in [5.41, 5.74) is 7.96. The second-order valence-corrected chi connectivity index (χ2v) is 9.08. The van der Waals surface area contributed by atoms with E-state index in [9.17, 15) is 0 Å². The van der Waals surface area contributed by atoms with Gasteiger partial charge in [0.25, 0.3) is 0 Å². The largest absolute Gasteiger partial charge is 0.0894 e. The smallest absolute Gasteiger partial charge is 0.0735 e. The summed E-state index contributed by atoms with van der Waals surface area (Å²) in [6, 6.07) is 33.4. The number of halogens is 1. The first-order valence-corrected chi connectivity index (χ1v) is 10.7. The van der Waals surface area contributed by atoms with Crippen molar-refractivity contribution in [3.8, 4) is 11.1 Å². The van der Waals surface area contributed by atoms with Crippen molar-refractivity contribution < 1.29 is 0 Å². The molecule has 0 atom stereocenters. The van der Waals surface area contributed by atoms with Crippen LogP contribution < -0.4 is 0 Å². The van der Waals surface area contributed by atoms with E-state index in [1.807, 2.05) is 11.8 Å². The Morgan fingerprint density at radius 1 is 0.556 bits per heavy atom. The Morgan fingerprint density at radius 2 is 1.11 bits per heavy atom. The van der Waals surface area contributed by atoms with Crippen molar-refractivity contribution in [2.45, 2.75) is 15.2 Å². The van der Waals surface area contributed by atoms with Gasteiger partial charge in [0.15, 0.2) is 0 Å². The zero-order valence-electron chi connectivity index (χ0n) is 14.4. The third kappa shape index (κ3) is 1.95. The first-order chi connectivity index (χ1) is 13.3. The highest BCUT2D eigenvalue weighted by molar-refractivity contribution is 9.10. The zero-order chi connectivity index (χ0) is 18.0. The molecule has 0 radical (unpaired) electrons. The summed E-state index contributed by atoms with van der Waals surface area (Å²) in [4.78, 5) is 2.69. The number of benzene rings is 4. The Labute approximate surface area is 171 Å². The maximum absolute atomic E-state index is 3.73. The maximum Gasteiger partial charge on any atom is 0.0735 e. The molecule has 1 aliphatic heterocycles. The van der Waals surface area contributed by atoms with E-state index in [0.717, 1.165) is 4.47 Å². The first-order valence-electron chi connectivity index (χ1n) is 9.07. The average molecular weight is 427 g/mol. The van der Waals surface area contributed by atoms with E-state index < -0.39 is 0 Å². The predicted octanol–water partition coefficient (Wildman–Crippen LogP) is 7.28. The molecule has 0 bridgehead atoms. The molecule has 0 aromatic heterocycles. The van der Waals surface area contributed by atoms with Crippen LogP contribution in [0.5, 0.6) is 0 Å². The number of hydrogen-bond acceptors (Lipinski definition) is 1. The normalized spacial score (nSPS) is 15.0. The van der Waals surface area contributed by atoms with Gasteiger partial charge in [0.05, 0.1) is 5.41 Å². The van der Waals surface area contributed by atoms with Crippen LogP contribution >= 0.6 is 27.7 Å². The van der Waals surface area contributed by atoms with Gasteiger partial charge < -0.3 is 0 Å². The minimum absolute atomic E-state index is 0.256. The Hall–Kier alpha value is -2.29. The van der Waals surface area contributed by atoms with Crippen molar-refractivity contribution in [2.75, 3.05) is 0 Å². The summed E-state index contributed by atoms with van der Waals surface area (Å²) in [7, 11) is 0. The lowest BCUT2D eigenvalue weighted by Gasteiger charge is -2.39. The Balaban J connectivity index is 1.87. The molecule has 2 aliphatic rings. The molecule has 1 aliphatic carbocycles. The molecule has 0 unspecified atom stereocenters. The van der Waals surface area contributed by atoms with Crippen LogP contribution in [-0.2, 0) is 5.41 Å². The van der Waals surface area contributed by atoms with Gasteiger partial charge in [0.2, 0.25) is 0 Å². The quantitative estimate of drug-likeness (QED) is 0.246. The van der Waals surface area contributed by atoms with E-state index in [4.69, 9.17) is 0 Å². The molecule has 27 heavy (non-hydrogen) atoms. The standard InChI is InChI=1S/C25H15BrS/c26-16-13-14-18-17-7-1-2-8-19(17)25(22(18)15-16)20-9-3-5-11-23(20)27-24-12-6-4-10-21(24)25/h1-15H. The predicted molar refractivity (Wildman–Crippen MR) is 116 cm³/mol. The van der Waals surface area contributed by atoms with E-state index in [-0.39, 0.29) is 5.41 Å². The fourth-order valence-electron chi connectivity index (χ4n) is 4.83. The van der Waals surface area contributed by atoms with Crippen molar-refractivity contribution in [2.24, 2.45) is 0 Å². The van der Waals surface area contributed by atoms with Gasteiger partial charge in [-0.25, -0.2) is 0 Å². The van der Waals surface area contributed by atoms with Gasteiger partial charge in [0, 0.05) is 14.3 Å². The van der Waals surface area contributed by atoms with Crippen LogP contribution in [0.1, 0.15) is 22.3 Å². The highest BCUT2D eigenvalue weighted by Gasteiger charge is 2.49. The van der Waals surface area contributed by atoms with Gasteiger partial charge in [-0.3, -0.25) is 0 Å². The Kier molecular flexibility index (Phi) is 3.27. The number of rotatable bonds is 0. The molecule has 0 N–H and O–H groups in total. The fourth-order valence-corrected chi connectivity index (χ4v) is 6.38. The lowest BCUT2D eigenvalue weighted by Crippen LogP contribution is -2.31. The van der Waals surface area contributed by atoms with Gasteiger partial charge in [-0.1, -0.05) is 94.4 Å². The third-order valence-corrected chi connectivity index (χ3v) is 7.45. The maximum atomic E-state index is 3.73. The molecule has 4 aromatic rings. The van der Waals surface area contributed by atoms with Gasteiger partial charge in [-0.2, -0.15) is 0 Å². The minimum Gasteiger partial charge on any atom is -0.0894 e. The summed E-state index contributed by atoms with van der Waals surface area (Å²) in [5.74, 6) is 0. The van der Waals surface area contributed by atoms with Crippen molar-refractivity contribution in [1.82, 2.24) is 0 Å². The Morgan fingerprint density at radius 3 is 1.81 bits per heavy atom. The fraction of sp³-hybridized carbons (Fsp3) is 0.0400. The molecular formula is C25H15BrS. The highest BCUT2D eigenvalue weighted by atomic mass is 79.9. The zero-order valence-corrected chi connectivity index (χ0v) is 16.8. The molecule has 0 fully saturated rings. The Bertz CT molecular complexity index is 1180. The van der Waals surface area contributed by atoms with E-state index in [2.05, 4.69) is 107 Å². The molecule has 128 valence electrons. The van der Waals surface area contributed by atoms with E-state index in [1.165, 1.54) is 43.2 Å². The second-order valence-electron chi connectivity index (χ2n) is 7.08. The van der Waals surface area contributed by atoms with Crippen molar-refractivity contribution in [3.05, 3.63) is 118 Å². The molecule has 2 heteroatoms. The highest BCUT2D eigenvalue weighted by Crippen LogP contribution is 2.62. The van der Waals surface area contributed by atoms with Crippen LogP contribution in [0.15, 0.2) is 105 Å². The van der Waals surface area contributed by atoms with Crippen LogP contribution in [0, 0.1) is 0 Å². The van der Waals surface area contributed by atoms with Crippen molar-refractivity contribution in [3.63, 3.8) is 0 Å². The molecule has 0 saturated carbocycles. The lowest BCUT2D eigenvalue weighted by molar-refractivity contribution is 0.722. The number of hydrogen-bond donors (Lipinski definition) is 0. The van der Waals surface area contributed by atoms with Crippen LogP contribution in [0.4, 0.5) is 0 Å². The molecule has 0 amide bonds. The number of fused-ring (bicyclic) bond motifs is 9. The SMILES string of the molecule is Brc1ccc2c(c1)C1(c3ccccc3Sc3ccccc31)c1ccccc1-2. The van der Waals surface area contributed by atoms with Gasteiger partial charge in [0.1, 0.15) is 0 Å². The van der Waals surface area contributed by atoms with Gasteiger partial charge in [-0.15, -0.1) is 0 Å². The van der Waals surface area contributed by atoms with E-state index in [1.54, 1.807) is 0 Å². The molecule has 1 heterocycles. The third-order valence-electron chi connectivity index (χ3n) is 5.81. The summed E-state index contributed by atoms with van der Waals surface area (Å²) < 4.78 is 1.13. The van der Waals surface area contributed by atoms with Gasteiger partial charge >= 0.3 is 0 Å². The molecular weight excluding hydrogens is 412 g/mol. The minimum atomic E-state index is -0.256. The molecule has 0 saturated heterocycles. The second kappa shape index (κ2) is 5.60. The first kappa shape index (κ1) is 15.7. The van der Waals surface area contributed by atoms with Crippen LogP contribution in [0.3, 0.4) is 0 Å². The monoisotopic (exact) mass is 426 g/mol. The summed E-state index contributed by atoms with van der Waals surface area (Å²) in [6.07, 6.45) is 0. The van der Waals surface area contributed by atoms with Crippen LogP contribution in [0.25, 0.3) is 11.1 Å². The van der Waals surface area contributed by atoms with Gasteiger partial charge in [-0.05, 0) is 57.6 Å². The van der Waals surface area contributed by atoms with E-state index in [0.29, 0.717) is 0 Å². The lowest BCUT2D eigenvalue weighted by atomic mass is 9.67. The van der Waals surface area contributed by atoms with Crippen molar-refractivity contribution in [1.29, 1.82) is 0 Å². The van der Waals surface area contributed by atoms with E-state index >= 15 is 0 Å². The van der Waals surface area contributed by atoms with Crippen LogP contribution in [-0.4, -0.2) is 0 Å². The molecule has 0 nitrogen and oxygen atoms in total. The average Bonchev–Trinajstić information content (AvgIpc) is 2.99. The van der Waals surface area contributed by atoms with Crippen LogP contribution in [0.2, 0.25) is 0 Å². The molecule has 1 spiro atoms. The van der Waals surface area contributed by atoms with Crippen molar-refractivity contribution >= 4 is 27.7 Å². The molecule has 6 rings (SSSR count).